The van der Waals surface area contributed by atoms with E-state index in [4.69, 9.17) is 4.52 Å². The summed E-state index contributed by atoms with van der Waals surface area (Å²) >= 11 is 0. The number of hydrogen-bond acceptors (Lipinski definition) is 7. The number of unbranched alkanes of at least 4 members (excludes halogenated alkanes) is 1. The largest absolute Gasteiger partial charge is 0.360 e. The van der Waals surface area contributed by atoms with Crippen LogP contribution in [-0.2, 0) is 10.0 Å². The van der Waals surface area contributed by atoms with Crippen molar-refractivity contribution in [1.82, 2.24) is 15.4 Å². The van der Waals surface area contributed by atoms with Gasteiger partial charge in [0.15, 0.2) is 17.5 Å². The van der Waals surface area contributed by atoms with E-state index < -0.39 is 10.0 Å². The summed E-state index contributed by atoms with van der Waals surface area (Å²) in [5.41, 5.74) is 0. The summed E-state index contributed by atoms with van der Waals surface area (Å²) in [4.78, 5) is 0. The minimum Gasteiger partial charge on any atom is -0.360 e. The van der Waals surface area contributed by atoms with Gasteiger partial charge < -0.3 is 9.84 Å². The Hall–Kier alpha value is -2.16. The fourth-order valence-electron chi connectivity index (χ4n) is 1.55. The molecule has 0 amide bonds. The number of sulfonamides is 1. The molecule has 9 heteroatoms. The molecule has 0 bridgehead atoms. The minimum absolute atomic E-state index is 0.0728. The summed E-state index contributed by atoms with van der Waals surface area (Å²) in [6.07, 6.45) is 1.42. The molecule has 8 nitrogen and oxygen atoms in total. The normalized spacial score (nSPS) is 11.3. The Morgan fingerprint density at radius 1 is 1.19 bits per heavy atom. The van der Waals surface area contributed by atoms with Crippen molar-refractivity contribution in [2.24, 2.45) is 0 Å². The zero-order valence-corrected chi connectivity index (χ0v) is 12.6. The van der Waals surface area contributed by atoms with E-state index in [1.54, 1.807) is 19.1 Å². The van der Waals surface area contributed by atoms with Crippen LogP contribution in [0.25, 0.3) is 0 Å². The maximum Gasteiger partial charge on any atom is 0.233 e. The zero-order valence-electron chi connectivity index (χ0n) is 11.8. The minimum atomic E-state index is -3.37. The molecule has 0 aliphatic heterocycles. The molecular formula is C12H17N5O3S. The van der Waals surface area contributed by atoms with E-state index in [2.05, 4.69) is 25.4 Å². The Labute approximate surface area is 123 Å². The maximum atomic E-state index is 11.7. The van der Waals surface area contributed by atoms with Gasteiger partial charge in [0, 0.05) is 6.07 Å². The number of aryl methyl sites for hydroxylation is 1. The van der Waals surface area contributed by atoms with Crippen molar-refractivity contribution in [3.05, 3.63) is 24.0 Å². The second-order valence-corrected chi connectivity index (χ2v) is 6.37. The molecule has 0 saturated heterocycles. The van der Waals surface area contributed by atoms with Crippen LogP contribution in [0.3, 0.4) is 0 Å². The van der Waals surface area contributed by atoms with Crippen LogP contribution in [0.2, 0.25) is 0 Å². The zero-order chi connectivity index (χ0) is 15.3. The first kappa shape index (κ1) is 15.2. The van der Waals surface area contributed by atoms with Crippen LogP contribution < -0.4 is 10.0 Å². The van der Waals surface area contributed by atoms with Crippen LogP contribution in [0.5, 0.6) is 0 Å². The summed E-state index contributed by atoms with van der Waals surface area (Å²) < 4.78 is 30.7. The molecule has 114 valence electrons. The predicted molar refractivity (Wildman–Crippen MR) is 78.9 cm³/mol. The highest BCUT2D eigenvalue weighted by Gasteiger charge is 2.11. The van der Waals surface area contributed by atoms with Crippen molar-refractivity contribution in [1.29, 1.82) is 0 Å². The highest BCUT2D eigenvalue weighted by molar-refractivity contribution is 7.92. The van der Waals surface area contributed by atoms with Gasteiger partial charge in [0.1, 0.15) is 5.76 Å². The molecule has 0 aromatic carbocycles. The van der Waals surface area contributed by atoms with Crippen LogP contribution in [0.15, 0.2) is 22.7 Å². The van der Waals surface area contributed by atoms with Gasteiger partial charge >= 0.3 is 0 Å². The molecule has 2 heterocycles. The Bertz CT molecular complexity index is 681. The van der Waals surface area contributed by atoms with Gasteiger partial charge in [-0.2, -0.15) is 0 Å². The Morgan fingerprint density at radius 3 is 2.48 bits per heavy atom. The number of rotatable bonds is 7. The Morgan fingerprint density at radius 2 is 1.90 bits per heavy atom. The average molecular weight is 311 g/mol. The smallest absolute Gasteiger partial charge is 0.233 e. The summed E-state index contributed by atoms with van der Waals surface area (Å²) in [6, 6.07) is 4.85. The molecule has 0 atom stereocenters. The van der Waals surface area contributed by atoms with Crippen LogP contribution in [0.4, 0.5) is 17.5 Å². The van der Waals surface area contributed by atoms with Crippen LogP contribution in [0.1, 0.15) is 25.5 Å². The maximum absolute atomic E-state index is 11.7. The van der Waals surface area contributed by atoms with Crippen molar-refractivity contribution >= 4 is 27.5 Å². The fourth-order valence-corrected chi connectivity index (χ4v) is 2.75. The van der Waals surface area contributed by atoms with Crippen molar-refractivity contribution in [3.8, 4) is 0 Å². The van der Waals surface area contributed by atoms with Crippen molar-refractivity contribution in [3.63, 3.8) is 0 Å². The van der Waals surface area contributed by atoms with Gasteiger partial charge in [-0.1, -0.05) is 18.5 Å². The molecule has 0 saturated carbocycles. The van der Waals surface area contributed by atoms with E-state index in [9.17, 15) is 8.42 Å². The van der Waals surface area contributed by atoms with Gasteiger partial charge in [-0.3, -0.25) is 4.72 Å². The number of nitrogens with zero attached hydrogens (tertiary/aromatic N) is 3. The van der Waals surface area contributed by atoms with Gasteiger partial charge in [-0.15, -0.1) is 10.2 Å². The van der Waals surface area contributed by atoms with E-state index in [1.807, 2.05) is 6.92 Å². The van der Waals surface area contributed by atoms with E-state index in [0.717, 1.165) is 6.42 Å². The average Bonchev–Trinajstić information content (AvgIpc) is 2.84. The number of hydrogen-bond donors (Lipinski definition) is 2. The van der Waals surface area contributed by atoms with Gasteiger partial charge in [0.25, 0.3) is 0 Å². The molecule has 2 rings (SSSR count). The molecule has 2 N–H and O–H groups in total. The third-order valence-electron chi connectivity index (χ3n) is 2.58. The summed E-state index contributed by atoms with van der Waals surface area (Å²) in [5.74, 6) is 1.89. The number of aromatic nitrogens is 3. The molecule has 2 aromatic rings. The van der Waals surface area contributed by atoms with E-state index >= 15 is 0 Å². The molecule has 0 fully saturated rings. The molecule has 0 aliphatic rings. The molecular weight excluding hydrogens is 294 g/mol. The van der Waals surface area contributed by atoms with Crippen LogP contribution in [0, 0.1) is 6.92 Å². The first-order chi connectivity index (χ1) is 9.98. The topological polar surface area (TPSA) is 110 Å². The van der Waals surface area contributed by atoms with Gasteiger partial charge in [-0.25, -0.2) is 8.42 Å². The van der Waals surface area contributed by atoms with E-state index in [0.29, 0.717) is 23.8 Å². The van der Waals surface area contributed by atoms with Crippen molar-refractivity contribution in [2.45, 2.75) is 26.7 Å². The lowest BCUT2D eigenvalue weighted by molar-refractivity contribution is 0.400. The highest BCUT2D eigenvalue weighted by atomic mass is 32.2. The summed E-state index contributed by atoms with van der Waals surface area (Å²) in [5, 5.41) is 14.3. The molecule has 0 spiro atoms. The second kappa shape index (κ2) is 6.53. The Balaban J connectivity index is 1.98. The monoisotopic (exact) mass is 311 g/mol. The SMILES string of the molecule is CCCCS(=O)(=O)Nc1ccc(Nc2cc(C)on2)nn1. The summed E-state index contributed by atoms with van der Waals surface area (Å²) in [7, 11) is -3.37. The molecule has 0 aliphatic carbocycles. The van der Waals surface area contributed by atoms with Gasteiger partial charge in [0.2, 0.25) is 10.0 Å². The third-order valence-corrected chi connectivity index (χ3v) is 3.92. The molecule has 2 aromatic heterocycles. The first-order valence-corrected chi connectivity index (χ1v) is 8.18. The molecule has 21 heavy (non-hydrogen) atoms. The highest BCUT2D eigenvalue weighted by Crippen LogP contribution is 2.15. The van der Waals surface area contributed by atoms with E-state index in [-0.39, 0.29) is 11.6 Å². The Kier molecular flexibility index (Phi) is 4.73. The van der Waals surface area contributed by atoms with Gasteiger partial charge in [-0.05, 0) is 25.5 Å². The van der Waals surface area contributed by atoms with Crippen LogP contribution in [-0.4, -0.2) is 29.5 Å². The van der Waals surface area contributed by atoms with Gasteiger partial charge in [0.05, 0.1) is 5.75 Å². The van der Waals surface area contributed by atoms with Crippen LogP contribution >= 0.6 is 0 Å². The van der Waals surface area contributed by atoms with Crippen molar-refractivity contribution < 1.29 is 12.9 Å². The summed E-state index contributed by atoms with van der Waals surface area (Å²) in [6.45, 7) is 3.71. The standard InChI is InChI=1S/C12H17N5O3S/c1-3-4-7-21(18,19)17-11-6-5-10(14-15-11)13-12-8-9(2)20-16-12/h5-6,8H,3-4,7H2,1-2H3,(H,15,17)(H,13,14,16). The quantitative estimate of drug-likeness (QED) is 0.805. The number of anilines is 3. The predicted octanol–water partition coefficient (Wildman–Crippen LogP) is 2.06. The molecule has 0 radical (unpaired) electrons. The molecule has 0 unspecified atom stereocenters. The first-order valence-electron chi connectivity index (χ1n) is 6.53. The van der Waals surface area contributed by atoms with E-state index in [1.165, 1.54) is 6.07 Å². The lowest BCUT2D eigenvalue weighted by atomic mass is 10.4. The fraction of sp³-hybridized carbons (Fsp3) is 0.417. The lowest BCUT2D eigenvalue weighted by Crippen LogP contribution is -2.17. The second-order valence-electron chi connectivity index (χ2n) is 4.53. The lowest BCUT2D eigenvalue weighted by Gasteiger charge is -2.06. The number of nitrogens with one attached hydrogen (secondary N) is 2. The third kappa shape index (κ3) is 4.71. The van der Waals surface area contributed by atoms with Crippen molar-refractivity contribution in [2.75, 3.05) is 15.8 Å².